The molecule has 0 aliphatic rings. The molecule has 3 rings (SSSR count). The summed E-state index contributed by atoms with van der Waals surface area (Å²) in [6.07, 6.45) is 1.33. The first-order valence-corrected chi connectivity index (χ1v) is 9.67. The van der Waals surface area contributed by atoms with Crippen LogP contribution in [0.1, 0.15) is 22.0 Å². The van der Waals surface area contributed by atoms with Crippen molar-refractivity contribution in [3.63, 3.8) is 0 Å². The topological polar surface area (TPSA) is 105 Å². The molecule has 1 amide bonds. The average molecular weight is 399 g/mol. The summed E-state index contributed by atoms with van der Waals surface area (Å²) in [6.45, 7) is 0. The first-order chi connectivity index (χ1) is 13.1. The van der Waals surface area contributed by atoms with Crippen LogP contribution < -0.4 is 11.1 Å². The first-order valence-electron chi connectivity index (χ1n) is 7.80. The van der Waals surface area contributed by atoms with Gasteiger partial charge in [-0.15, -0.1) is 11.3 Å². The predicted octanol–water partition coefficient (Wildman–Crippen LogP) is 3.13. The molecule has 1 aromatic carbocycles. The maximum absolute atomic E-state index is 13.2. The van der Waals surface area contributed by atoms with Gasteiger partial charge in [-0.1, -0.05) is 30.0 Å². The van der Waals surface area contributed by atoms with Crippen LogP contribution in [-0.4, -0.2) is 21.6 Å². The third kappa shape index (κ3) is 4.81. The lowest BCUT2D eigenvalue weighted by atomic mass is 10.1. The highest BCUT2D eigenvalue weighted by molar-refractivity contribution is 7.99. The third-order valence-electron chi connectivity index (χ3n) is 3.59. The van der Waals surface area contributed by atoms with E-state index in [2.05, 4.69) is 15.3 Å². The van der Waals surface area contributed by atoms with E-state index in [1.807, 2.05) is 23.6 Å². The van der Waals surface area contributed by atoms with E-state index in [1.54, 1.807) is 12.1 Å². The molecule has 27 heavy (non-hydrogen) atoms. The molecular weight excluding hydrogens is 385 g/mol. The molecule has 0 saturated carbocycles. The van der Waals surface area contributed by atoms with Gasteiger partial charge in [0.05, 0.1) is 18.0 Å². The number of halogens is 1. The summed E-state index contributed by atoms with van der Waals surface area (Å²) >= 11 is 2.62. The van der Waals surface area contributed by atoms with Crippen LogP contribution in [0.15, 0.2) is 53.1 Å². The van der Waals surface area contributed by atoms with Crippen molar-refractivity contribution in [1.82, 2.24) is 15.3 Å². The molecule has 0 spiro atoms. The second-order valence-corrected chi connectivity index (χ2v) is 7.34. The number of benzene rings is 1. The number of nitrogens with zero attached hydrogens (tertiary/aromatic N) is 3. The Hall–Kier alpha value is -2.96. The molecule has 3 aromatic rings. The van der Waals surface area contributed by atoms with Crippen LogP contribution in [0, 0.1) is 17.1 Å². The third-order valence-corrected chi connectivity index (χ3v) is 5.38. The zero-order valence-corrected chi connectivity index (χ0v) is 15.6. The highest BCUT2D eigenvalue weighted by Gasteiger charge is 2.18. The van der Waals surface area contributed by atoms with Gasteiger partial charge >= 0.3 is 0 Å². The molecule has 136 valence electrons. The van der Waals surface area contributed by atoms with E-state index in [1.165, 1.54) is 29.7 Å². The van der Waals surface area contributed by atoms with Gasteiger partial charge in [-0.05, 0) is 29.1 Å². The van der Waals surface area contributed by atoms with E-state index in [-0.39, 0.29) is 34.9 Å². The highest BCUT2D eigenvalue weighted by atomic mass is 32.2. The van der Waals surface area contributed by atoms with Gasteiger partial charge in [0.1, 0.15) is 23.3 Å². The normalized spacial score (nSPS) is 11.6. The molecule has 0 fully saturated rings. The van der Waals surface area contributed by atoms with Gasteiger partial charge in [0, 0.05) is 4.88 Å². The number of amides is 1. The molecule has 3 N–H and O–H groups in total. The maximum atomic E-state index is 13.2. The Labute approximate surface area is 163 Å². The molecule has 1 atom stereocenters. The summed E-state index contributed by atoms with van der Waals surface area (Å²) in [7, 11) is 0. The lowest BCUT2D eigenvalue weighted by Crippen LogP contribution is -2.30. The Bertz CT molecular complexity index is 970. The van der Waals surface area contributed by atoms with Crippen molar-refractivity contribution in [3.8, 4) is 6.07 Å². The lowest BCUT2D eigenvalue weighted by molar-refractivity contribution is -0.119. The second kappa shape index (κ2) is 8.62. The molecular formula is C18H14FN5OS2. The molecule has 2 heterocycles. The Morgan fingerprint density at radius 3 is 2.78 bits per heavy atom. The van der Waals surface area contributed by atoms with Gasteiger partial charge < -0.3 is 11.1 Å². The fourth-order valence-corrected chi connectivity index (χ4v) is 3.73. The maximum Gasteiger partial charge on any atom is 0.231 e. The van der Waals surface area contributed by atoms with Crippen molar-refractivity contribution >= 4 is 34.8 Å². The van der Waals surface area contributed by atoms with Crippen LogP contribution in [0.3, 0.4) is 0 Å². The number of nitrogen functional groups attached to an aromatic ring is 1. The fourth-order valence-electron chi connectivity index (χ4n) is 2.30. The number of aromatic nitrogens is 2. The number of nitriles is 1. The Balaban J connectivity index is 1.69. The average Bonchev–Trinajstić information content (AvgIpc) is 3.20. The van der Waals surface area contributed by atoms with Crippen molar-refractivity contribution < 1.29 is 9.18 Å². The van der Waals surface area contributed by atoms with E-state index in [4.69, 9.17) is 11.0 Å². The molecule has 0 aliphatic heterocycles. The van der Waals surface area contributed by atoms with E-state index < -0.39 is 0 Å². The number of thiophene rings is 1. The first kappa shape index (κ1) is 18.8. The predicted molar refractivity (Wildman–Crippen MR) is 103 cm³/mol. The van der Waals surface area contributed by atoms with Crippen LogP contribution in [-0.2, 0) is 4.79 Å². The summed E-state index contributed by atoms with van der Waals surface area (Å²) in [5, 5.41) is 14.0. The smallest absolute Gasteiger partial charge is 0.231 e. The van der Waals surface area contributed by atoms with E-state index in [0.29, 0.717) is 5.16 Å². The van der Waals surface area contributed by atoms with Gasteiger partial charge in [-0.3, -0.25) is 4.79 Å². The molecule has 0 radical (unpaired) electrons. The van der Waals surface area contributed by atoms with Crippen molar-refractivity contribution in [2.45, 2.75) is 11.2 Å². The quantitative estimate of drug-likeness (QED) is 0.487. The zero-order chi connectivity index (χ0) is 19.2. The summed E-state index contributed by atoms with van der Waals surface area (Å²) in [5.74, 6) is -0.400. The van der Waals surface area contributed by atoms with Crippen molar-refractivity contribution in [3.05, 3.63) is 69.8 Å². The minimum Gasteiger partial charge on any atom is -0.382 e. The van der Waals surface area contributed by atoms with E-state index >= 15 is 0 Å². The fraction of sp³-hybridized carbons (Fsp3) is 0.111. The van der Waals surface area contributed by atoms with Gasteiger partial charge in [-0.25, -0.2) is 14.4 Å². The molecule has 0 saturated heterocycles. The Kier molecular flexibility index (Phi) is 6.01. The van der Waals surface area contributed by atoms with Crippen molar-refractivity contribution in [2.75, 3.05) is 11.5 Å². The van der Waals surface area contributed by atoms with Gasteiger partial charge in [0.25, 0.3) is 0 Å². The van der Waals surface area contributed by atoms with Gasteiger partial charge in [0.15, 0.2) is 5.16 Å². The minimum atomic E-state index is -0.370. The highest BCUT2D eigenvalue weighted by Crippen LogP contribution is 2.26. The van der Waals surface area contributed by atoms with Crippen LogP contribution in [0.4, 0.5) is 10.2 Å². The van der Waals surface area contributed by atoms with Crippen molar-refractivity contribution in [1.29, 1.82) is 5.26 Å². The Morgan fingerprint density at radius 1 is 1.37 bits per heavy atom. The number of hydrogen-bond donors (Lipinski definition) is 2. The van der Waals surface area contributed by atoms with Gasteiger partial charge in [-0.2, -0.15) is 5.26 Å². The number of anilines is 1. The van der Waals surface area contributed by atoms with Crippen LogP contribution in [0.25, 0.3) is 0 Å². The standard InChI is InChI=1S/C18H14FN5OS2/c19-13-5-3-11(4-6-13)16(14-2-1-7-26-14)23-15(25)10-27-18-22-9-12(8-20)17(21)24-18/h1-7,9,16H,10H2,(H,23,25)(H2,21,22,24)/t16-/m0/s1. The summed E-state index contributed by atoms with van der Waals surface area (Å²) in [4.78, 5) is 21.4. The van der Waals surface area contributed by atoms with E-state index in [9.17, 15) is 9.18 Å². The summed E-state index contributed by atoms with van der Waals surface area (Å²) < 4.78 is 13.2. The van der Waals surface area contributed by atoms with E-state index in [0.717, 1.165) is 22.2 Å². The van der Waals surface area contributed by atoms with Crippen LogP contribution in [0.2, 0.25) is 0 Å². The molecule has 0 unspecified atom stereocenters. The largest absolute Gasteiger partial charge is 0.382 e. The number of nitrogens with two attached hydrogens (primary N) is 1. The number of hydrogen-bond acceptors (Lipinski definition) is 7. The molecule has 0 aliphatic carbocycles. The number of rotatable bonds is 6. The Morgan fingerprint density at radius 2 is 2.15 bits per heavy atom. The number of nitrogens with one attached hydrogen (secondary N) is 1. The lowest BCUT2D eigenvalue weighted by Gasteiger charge is -2.18. The van der Waals surface area contributed by atoms with Crippen LogP contribution >= 0.6 is 23.1 Å². The number of thioether (sulfide) groups is 1. The van der Waals surface area contributed by atoms with Gasteiger partial charge in [0.2, 0.25) is 5.91 Å². The second-order valence-electron chi connectivity index (χ2n) is 5.42. The number of carbonyl (C=O) groups is 1. The SMILES string of the molecule is N#Cc1cnc(SCC(=O)N[C@@H](c2ccc(F)cc2)c2cccs2)nc1N. The summed E-state index contributed by atoms with van der Waals surface area (Å²) in [5.41, 5.74) is 6.64. The monoisotopic (exact) mass is 399 g/mol. The molecule has 0 bridgehead atoms. The molecule has 6 nitrogen and oxygen atoms in total. The summed E-state index contributed by atoms with van der Waals surface area (Å²) in [6, 6.07) is 11.4. The molecule has 9 heteroatoms. The minimum absolute atomic E-state index is 0.0778. The van der Waals surface area contributed by atoms with Crippen molar-refractivity contribution in [2.24, 2.45) is 0 Å². The number of carbonyl (C=O) groups excluding carboxylic acids is 1. The van der Waals surface area contributed by atoms with Crippen LogP contribution in [0.5, 0.6) is 0 Å². The molecule has 2 aromatic heterocycles. The zero-order valence-electron chi connectivity index (χ0n) is 13.9.